The number of hydrogen-bond donors (Lipinski definition) is 5. The monoisotopic (exact) mass is 845 g/mol. The van der Waals surface area contributed by atoms with E-state index in [1.165, 1.54) is 0 Å². The second-order valence-corrected chi connectivity index (χ2v) is 19.0. The number of carbonyl (C=O) groups excluding carboxylic acids is 3. The van der Waals surface area contributed by atoms with Gasteiger partial charge in [-0.1, -0.05) is 20.1 Å². The molecule has 2 amide bonds. The molecule has 0 saturated carbocycles. The third-order valence-corrected chi connectivity index (χ3v) is 14.6. The van der Waals surface area contributed by atoms with Gasteiger partial charge in [0.25, 0.3) is 0 Å². The average Bonchev–Trinajstić information content (AvgIpc) is 3.80. The third-order valence-electron chi connectivity index (χ3n) is 14.6. The van der Waals surface area contributed by atoms with Crippen LogP contribution >= 0.6 is 0 Å². The number of carbonyl (C=O) groups is 3. The minimum Gasteiger partial charge on any atom is -0.391 e. The van der Waals surface area contributed by atoms with Crippen molar-refractivity contribution in [3.05, 3.63) is 24.3 Å². The SMILES string of the molecule is C=C1C[C@@H]2CC[C@]34C[C@@H](O)[C@H](O3)[C@H]3C[C@@H](O4)C4O[C@H](CC[C@@H]4O3)CC(=O)C[C@@H]3[C@@H](OC)[C@@H](C[C@H](O)CNC(=O)[C@@H](N)CC(N)=O)O[C@H]3C[C@H]3O[C@@H](CC[C@@H]1O2)C[C@@H](C)C3=C. The Morgan fingerprint density at radius 3 is 2.43 bits per heavy atom. The minimum atomic E-state index is -1.13. The van der Waals surface area contributed by atoms with Crippen LogP contribution in [-0.4, -0.2) is 145 Å². The highest BCUT2D eigenvalue weighted by molar-refractivity contribution is 5.87. The van der Waals surface area contributed by atoms with Gasteiger partial charge in [-0.3, -0.25) is 14.4 Å². The van der Waals surface area contributed by atoms with Crippen LogP contribution in [0, 0.1) is 11.8 Å². The maximum atomic E-state index is 14.2. The molecule has 0 radical (unpaired) electrons. The lowest BCUT2D eigenvalue weighted by atomic mass is 9.81. The maximum Gasteiger partial charge on any atom is 0.237 e. The molecular formula is C44H67N3O13. The van der Waals surface area contributed by atoms with E-state index in [-0.39, 0.29) is 105 Å². The van der Waals surface area contributed by atoms with Crippen LogP contribution in [0.3, 0.4) is 0 Å². The van der Waals surface area contributed by atoms with E-state index in [2.05, 4.69) is 25.4 Å². The van der Waals surface area contributed by atoms with Gasteiger partial charge in [-0.25, -0.2) is 0 Å². The summed E-state index contributed by atoms with van der Waals surface area (Å²) >= 11 is 0. The number of nitrogens with two attached hydrogens (primary N) is 2. The van der Waals surface area contributed by atoms with Crippen LogP contribution in [0.15, 0.2) is 24.3 Å². The van der Waals surface area contributed by atoms with E-state index in [9.17, 15) is 24.6 Å². The van der Waals surface area contributed by atoms with E-state index in [0.717, 1.165) is 36.8 Å². The van der Waals surface area contributed by atoms with E-state index in [4.69, 9.17) is 49.4 Å². The van der Waals surface area contributed by atoms with E-state index in [1.807, 2.05) is 0 Å². The Hall–Kier alpha value is -2.35. The summed E-state index contributed by atoms with van der Waals surface area (Å²) in [5.74, 6) is -2.44. The summed E-state index contributed by atoms with van der Waals surface area (Å²) in [7, 11) is 1.58. The fraction of sp³-hybridized carbons (Fsp3) is 0.841. The number of rotatable bonds is 8. The van der Waals surface area contributed by atoms with Crippen LogP contribution in [0.5, 0.6) is 0 Å². The predicted octanol–water partition coefficient (Wildman–Crippen LogP) is 1.78. The molecule has 19 atom stereocenters. The van der Waals surface area contributed by atoms with E-state index in [1.54, 1.807) is 7.11 Å². The van der Waals surface area contributed by atoms with E-state index >= 15 is 0 Å². The number of ether oxygens (including phenoxy) is 8. The van der Waals surface area contributed by atoms with Gasteiger partial charge in [0.15, 0.2) is 5.79 Å². The molecule has 1 unspecified atom stereocenters. The highest BCUT2D eigenvalue weighted by Crippen LogP contribution is 2.49. The van der Waals surface area contributed by atoms with Crippen LogP contribution < -0.4 is 16.8 Å². The fourth-order valence-corrected chi connectivity index (χ4v) is 11.5. The molecule has 16 heteroatoms. The molecule has 8 rings (SSSR count). The highest BCUT2D eigenvalue weighted by atomic mass is 16.7. The smallest absolute Gasteiger partial charge is 0.237 e. The Bertz CT molecular complexity index is 1620. The summed E-state index contributed by atoms with van der Waals surface area (Å²) in [6, 6.07) is -1.13. The summed E-state index contributed by atoms with van der Waals surface area (Å²) < 4.78 is 53.0. The molecule has 16 nitrogen and oxygen atoms in total. The molecule has 8 aliphatic heterocycles. The zero-order valence-electron chi connectivity index (χ0n) is 35.2. The first kappa shape index (κ1) is 44.3. The average molecular weight is 846 g/mol. The van der Waals surface area contributed by atoms with Crippen molar-refractivity contribution in [2.24, 2.45) is 23.3 Å². The van der Waals surface area contributed by atoms with Crippen molar-refractivity contribution in [3.63, 3.8) is 0 Å². The topological polar surface area (TPSA) is 230 Å². The summed E-state index contributed by atoms with van der Waals surface area (Å²) in [4.78, 5) is 37.9. The number of aliphatic hydroxyl groups excluding tert-OH is 2. The normalized spacial score (nSPS) is 45.6. The standard InChI is InChI=1S/C44H67N3O13/c1-21-11-26-5-7-32-22(2)12-28(54-32)9-10-44-19-31(50)41(60-44)37-18-38(59-44)42-33(57-37)8-6-27(56-42)13-24(48)14-29-35(17-34(55-26)23(21)3)58-36(40(29)53-4)15-25(49)20-47-43(52)30(45)16-39(46)51/h21,25-38,40-42,49-50H,2-3,5-20,45H2,1,4H3,(H2,46,51)(H,47,52)/t21-,25+,26+,27-,28+,29+,30+,31-,32+,33+,34-,35+,36-,37-,38-,40-,41+,42?,44-/m1/s1. The number of nitrogens with one attached hydrogen (secondary N) is 1. The molecule has 8 saturated heterocycles. The van der Waals surface area contributed by atoms with Crippen LogP contribution in [0.4, 0.5) is 0 Å². The zero-order chi connectivity index (χ0) is 42.5. The number of Topliss-reactive ketones (excluding diaryl/α,β-unsaturated/α-hetero) is 1. The van der Waals surface area contributed by atoms with E-state index in [0.29, 0.717) is 44.9 Å². The summed E-state index contributed by atoms with van der Waals surface area (Å²) in [5.41, 5.74) is 13.0. The molecule has 0 aromatic heterocycles. The van der Waals surface area contributed by atoms with Crippen molar-refractivity contribution in [2.45, 2.75) is 207 Å². The molecule has 8 heterocycles. The Morgan fingerprint density at radius 2 is 1.65 bits per heavy atom. The fourth-order valence-electron chi connectivity index (χ4n) is 11.5. The molecule has 8 aliphatic rings. The van der Waals surface area contributed by atoms with Crippen molar-refractivity contribution in [2.75, 3.05) is 13.7 Å². The lowest BCUT2D eigenvalue weighted by molar-refractivity contribution is -0.277. The number of ketones is 1. The van der Waals surface area contributed by atoms with Gasteiger partial charge in [-0.15, -0.1) is 0 Å². The Labute approximate surface area is 352 Å². The minimum absolute atomic E-state index is 0.0156. The Morgan fingerprint density at radius 1 is 0.883 bits per heavy atom. The van der Waals surface area contributed by atoms with Gasteiger partial charge in [0.2, 0.25) is 11.8 Å². The van der Waals surface area contributed by atoms with Crippen molar-refractivity contribution in [3.8, 4) is 0 Å². The van der Waals surface area contributed by atoms with Crippen LogP contribution in [0.2, 0.25) is 0 Å². The van der Waals surface area contributed by atoms with Crippen molar-refractivity contribution < 1.29 is 62.5 Å². The second kappa shape index (κ2) is 18.4. The Kier molecular flexibility index (Phi) is 13.6. The van der Waals surface area contributed by atoms with Crippen LogP contribution in [0.25, 0.3) is 0 Å². The largest absolute Gasteiger partial charge is 0.391 e. The summed E-state index contributed by atoms with van der Waals surface area (Å²) in [5, 5.41) is 24.9. The molecule has 1 spiro atoms. The van der Waals surface area contributed by atoms with Crippen LogP contribution in [-0.2, 0) is 52.3 Å². The molecule has 8 fully saturated rings. The lowest BCUT2D eigenvalue weighted by Crippen LogP contribution is -2.58. The lowest BCUT2D eigenvalue weighted by Gasteiger charge is -2.47. The molecule has 0 aliphatic carbocycles. The van der Waals surface area contributed by atoms with Crippen LogP contribution in [0.1, 0.15) is 103 Å². The number of amides is 2. The zero-order valence-corrected chi connectivity index (χ0v) is 35.2. The van der Waals surface area contributed by atoms with Gasteiger partial charge in [0, 0.05) is 64.5 Å². The number of hydrogen-bond acceptors (Lipinski definition) is 14. The third kappa shape index (κ3) is 9.59. The van der Waals surface area contributed by atoms with Gasteiger partial charge in [0.1, 0.15) is 18.0 Å². The molecule has 60 heavy (non-hydrogen) atoms. The second-order valence-electron chi connectivity index (χ2n) is 19.0. The number of fused-ring (bicyclic) bond motifs is 9. The summed E-state index contributed by atoms with van der Waals surface area (Å²) in [6.45, 7) is 10.9. The maximum absolute atomic E-state index is 14.2. The van der Waals surface area contributed by atoms with Gasteiger partial charge >= 0.3 is 0 Å². The number of methoxy groups -OCH3 is 1. The van der Waals surface area contributed by atoms with Gasteiger partial charge in [0.05, 0.1) is 91.8 Å². The van der Waals surface area contributed by atoms with Crippen molar-refractivity contribution in [1.29, 1.82) is 0 Å². The highest BCUT2D eigenvalue weighted by Gasteiger charge is 2.59. The van der Waals surface area contributed by atoms with Crippen molar-refractivity contribution in [1.82, 2.24) is 5.32 Å². The number of aliphatic hydroxyl groups is 2. The molecule has 0 aromatic rings. The molecule has 10 bridgehead atoms. The first-order valence-electron chi connectivity index (χ1n) is 22.4. The van der Waals surface area contributed by atoms with Crippen molar-refractivity contribution >= 4 is 17.6 Å². The van der Waals surface area contributed by atoms with Gasteiger partial charge < -0.3 is 64.9 Å². The molecule has 0 aromatic carbocycles. The quantitative estimate of drug-likeness (QED) is 0.220. The molecule has 336 valence electrons. The first-order valence-corrected chi connectivity index (χ1v) is 22.4. The Balaban J connectivity index is 1.02. The molecular weight excluding hydrogens is 778 g/mol. The molecule has 7 N–H and O–H groups in total. The number of primary amides is 1. The first-order chi connectivity index (χ1) is 28.7. The summed E-state index contributed by atoms with van der Waals surface area (Å²) in [6.07, 6.45) is 1.26. The van der Waals surface area contributed by atoms with Gasteiger partial charge in [-0.05, 0) is 62.0 Å². The van der Waals surface area contributed by atoms with Gasteiger partial charge in [-0.2, -0.15) is 0 Å². The predicted molar refractivity (Wildman–Crippen MR) is 214 cm³/mol. The van der Waals surface area contributed by atoms with E-state index < -0.39 is 60.3 Å².